The van der Waals surface area contributed by atoms with Crippen LogP contribution in [0.1, 0.15) is 5.56 Å². The van der Waals surface area contributed by atoms with Gasteiger partial charge in [-0.1, -0.05) is 6.07 Å². The van der Waals surface area contributed by atoms with Crippen LogP contribution in [-0.2, 0) is 6.61 Å². The van der Waals surface area contributed by atoms with Crippen molar-refractivity contribution in [2.45, 2.75) is 6.61 Å². The van der Waals surface area contributed by atoms with Crippen LogP contribution in [-0.4, -0.2) is 50.2 Å². The predicted octanol–water partition coefficient (Wildman–Crippen LogP) is 2.52. The second-order valence-electron chi connectivity index (χ2n) is 7.37. The summed E-state index contributed by atoms with van der Waals surface area (Å²) in [5.41, 5.74) is 0.450. The molecule has 0 saturated carbocycles. The molecule has 10 heteroatoms. The molecule has 0 aliphatic carbocycles. The van der Waals surface area contributed by atoms with Crippen LogP contribution in [0.5, 0.6) is 17.2 Å². The molecule has 2 aromatic carbocycles. The minimum Gasteiger partial charge on any atom is -0.496 e. The first-order valence-electron chi connectivity index (χ1n) is 10.4. The highest BCUT2D eigenvalue weighted by Crippen LogP contribution is 2.31. The molecule has 1 aromatic heterocycles. The van der Waals surface area contributed by atoms with E-state index in [1.54, 1.807) is 18.2 Å². The van der Waals surface area contributed by atoms with E-state index in [9.17, 15) is 13.6 Å². The highest BCUT2D eigenvalue weighted by molar-refractivity contribution is 5.57. The number of methoxy groups -OCH3 is 2. The Morgan fingerprint density at radius 3 is 2.27 bits per heavy atom. The predicted molar refractivity (Wildman–Crippen MR) is 119 cm³/mol. The molecule has 0 amide bonds. The summed E-state index contributed by atoms with van der Waals surface area (Å²) in [7, 11) is 3.06. The Bertz CT molecular complexity index is 1150. The zero-order valence-corrected chi connectivity index (χ0v) is 18.3. The topological polar surface area (TPSA) is 77.8 Å². The maximum Gasteiger partial charge on any atom is 0.316 e. The molecule has 0 unspecified atom stereocenters. The Labute approximate surface area is 189 Å². The van der Waals surface area contributed by atoms with E-state index in [0.29, 0.717) is 35.8 Å². The summed E-state index contributed by atoms with van der Waals surface area (Å²) in [5.74, 6) is -0.527. The Morgan fingerprint density at radius 2 is 1.67 bits per heavy atom. The molecule has 33 heavy (non-hydrogen) atoms. The highest BCUT2D eigenvalue weighted by atomic mass is 19.1. The molecule has 2 heterocycles. The second-order valence-corrected chi connectivity index (χ2v) is 7.37. The van der Waals surface area contributed by atoms with Crippen molar-refractivity contribution in [1.82, 2.24) is 15.1 Å². The molecule has 0 atom stereocenters. The molecule has 8 nitrogen and oxygen atoms in total. The van der Waals surface area contributed by atoms with Crippen LogP contribution in [0.4, 0.5) is 14.5 Å². The third-order valence-corrected chi connectivity index (χ3v) is 5.36. The minimum absolute atomic E-state index is 0.0181. The summed E-state index contributed by atoms with van der Waals surface area (Å²) < 4.78 is 45.4. The lowest BCUT2D eigenvalue weighted by Gasteiger charge is -2.30. The lowest BCUT2D eigenvalue weighted by molar-refractivity contribution is 0.281. The summed E-state index contributed by atoms with van der Waals surface area (Å²) >= 11 is 0. The number of hydrogen-bond acceptors (Lipinski definition) is 7. The third-order valence-electron chi connectivity index (χ3n) is 5.36. The van der Waals surface area contributed by atoms with Crippen molar-refractivity contribution in [3.8, 4) is 22.9 Å². The van der Waals surface area contributed by atoms with Gasteiger partial charge in [-0.15, -0.1) is 0 Å². The number of benzene rings is 2. The number of aromatic nitrogens is 2. The number of nitrogens with zero attached hydrogens (tertiary/aromatic N) is 3. The first-order valence-corrected chi connectivity index (χ1v) is 10.4. The largest absolute Gasteiger partial charge is 0.496 e. The number of anilines is 1. The van der Waals surface area contributed by atoms with E-state index in [4.69, 9.17) is 14.2 Å². The molecule has 1 N–H and O–H groups in total. The first-order chi connectivity index (χ1) is 16.0. The molecular formula is C23H24F2N4O4. The van der Waals surface area contributed by atoms with Crippen molar-refractivity contribution >= 4 is 5.69 Å². The minimum atomic E-state index is -0.814. The number of rotatable bonds is 7. The Kier molecular flexibility index (Phi) is 6.74. The Morgan fingerprint density at radius 1 is 1.03 bits per heavy atom. The van der Waals surface area contributed by atoms with Crippen molar-refractivity contribution in [2.24, 2.45) is 0 Å². The molecule has 3 aromatic rings. The van der Waals surface area contributed by atoms with Crippen molar-refractivity contribution in [2.75, 3.05) is 45.3 Å². The number of piperazine rings is 1. The van der Waals surface area contributed by atoms with Crippen LogP contribution in [0.2, 0.25) is 0 Å². The normalized spacial score (nSPS) is 13.6. The van der Waals surface area contributed by atoms with Crippen molar-refractivity contribution < 1.29 is 23.0 Å². The summed E-state index contributed by atoms with van der Waals surface area (Å²) in [6.07, 6.45) is 1.48. The number of halogens is 2. The zero-order valence-electron chi connectivity index (χ0n) is 18.3. The number of hydrogen-bond donors (Lipinski definition) is 1. The van der Waals surface area contributed by atoms with Crippen LogP contribution in [0.15, 0.2) is 47.4 Å². The molecule has 1 fully saturated rings. The number of nitrogens with one attached hydrogen (secondary N) is 1. The Hall–Kier alpha value is -3.66. The van der Waals surface area contributed by atoms with Crippen LogP contribution in [0.3, 0.4) is 0 Å². The molecule has 1 aliphatic heterocycles. The first kappa shape index (κ1) is 22.5. The fourth-order valence-electron chi connectivity index (χ4n) is 3.76. The van der Waals surface area contributed by atoms with E-state index in [1.807, 2.05) is 4.90 Å². The van der Waals surface area contributed by atoms with Gasteiger partial charge in [-0.25, -0.2) is 8.78 Å². The van der Waals surface area contributed by atoms with Crippen molar-refractivity contribution in [3.63, 3.8) is 0 Å². The van der Waals surface area contributed by atoms with Gasteiger partial charge < -0.3 is 24.4 Å². The molecule has 0 radical (unpaired) electrons. The summed E-state index contributed by atoms with van der Waals surface area (Å²) in [4.78, 5) is 15.4. The van der Waals surface area contributed by atoms with Gasteiger partial charge in [-0.2, -0.15) is 9.78 Å². The van der Waals surface area contributed by atoms with Crippen molar-refractivity contribution in [3.05, 3.63) is 70.1 Å². The lowest BCUT2D eigenvalue weighted by atomic mass is 10.2. The van der Waals surface area contributed by atoms with Gasteiger partial charge in [0.05, 0.1) is 31.7 Å². The highest BCUT2D eigenvalue weighted by Gasteiger charge is 2.22. The summed E-state index contributed by atoms with van der Waals surface area (Å²) in [5, 5.41) is 7.42. The average Bonchev–Trinajstić information content (AvgIpc) is 2.82. The van der Waals surface area contributed by atoms with Gasteiger partial charge in [0.1, 0.15) is 35.4 Å². The average molecular weight is 458 g/mol. The lowest BCUT2D eigenvalue weighted by Crippen LogP contribution is -2.44. The summed E-state index contributed by atoms with van der Waals surface area (Å²) in [6.45, 7) is 2.74. The van der Waals surface area contributed by atoms with Crippen LogP contribution in [0.25, 0.3) is 5.69 Å². The monoisotopic (exact) mass is 458 g/mol. The van der Waals surface area contributed by atoms with E-state index in [2.05, 4.69) is 10.4 Å². The molecule has 174 valence electrons. The maximum absolute atomic E-state index is 13.8. The molecule has 4 rings (SSSR count). The van der Waals surface area contributed by atoms with Gasteiger partial charge in [0.25, 0.3) is 0 Å². The van der Waals surface area contributed by atoms with E-state index in [0.717, 1.165) is 36.0 Å². The van der Waals surface area contributed by atoms with Gasteiger partial charge in [-0.05, 0) is 24.3 Å². The van der Waals surface area contributed by atoms with E-state index < -0.39 is 17.2 Å². The fourth-order valence-corrected chi connectivity index (χ4v) is 3.76. The standard InChI is InChI=1S/C23H24F2N4O4/c1-31-20-4-3-5-21(32-2)18(20)14-33-22-19(28-8-6-26-7-9-28)13-27-29(23(22)30)17-11-15(24)10-16(25)12-17/h3-5,10-13,26H,6-9,14H2,1-2H3. The fraction of sp³-hybridized carbons (Fsp3) is 0.304. The molecule has 0 bridgehead atoms. The van der Waals surface area contributed by atoms with Gasteiger partial charge in [0.15, 0.2) is 0 Å². The molecule has 1 saturated heterocycles. The Balaban J connectivity index is 1.78. The van der Waals surface area contributed by atoms with Crippen molar-refractivity contribution in [1.29, 1.82) is 0 Å². The molecule has 1 aliphatic rings. The molecular weight excluding hydrogens is 434 g/mol. The van der Waals surface area contributed by atoms with Crippen LogP contribution >= 0.6 is 0 Å². The smallest absolute Gasteiger partial charge is 0.316 e. The third kappa shape index (κ3) is 4.75. The van der Waals surface area contributed by atoms with Gasteiger partial charge >= 0.3 is 5.56 Å². The summed E-state index contributed by atoms with van der Waals surface area (Å²) in [6, 6.07) is 8.11. The quantitative estimate of drug-likeness (QED) is 0.583. The van der Waals surface area contributed by atoms with E-state index >= 15 is 0 Å². The second kappa shape index (κ2) is 9.86. The van der Waals surface area contributed by atoms with Gasteiger partial charge in [-0.3, -0.25) is 4.79 Å². The van der Waals surface area contributed by atoms with Gasteiger partial charge in [0.2, 0.25) is 5.75 Å². The number of ether oxygens (including phenoxy) is 3. The van der Waals surface area contributed by atoms with Crippen LogP contribution in [0, 0.1) is 11.6 Å². The van der Waals surface area contributed by atoms with E-state index in [1.165, 1.54) is 20.4 Å². The zero-order chi connectivity index (χ0) is 23.4. The molecule has 0 spiro atoms. The van der Waals surface area contributed by atoms with Crippen LogP contribution < -0.4 is 30.0 Å². The SMILES string of the molecule is COc1cccc(OC)c1COc1c(N2CCNCC2)cnn(-c2cc(F)cc(F)c2)c1=O. The van der Waals surface area contributed by atoms with Gasteiger partial charge in [0, 0.05) is 32.2 Å². The van der Waals surface area contributed by atoms with E-state index in [-0.39, 0.29) is 18.0 Å². The maximum atomic E-state index is 13.8.